The quantitative estimate of drug-likeness (QED) is 0.383. The topological polar surface area (TPSA) is 112 Å². The average Bonchev–Trinajstić information content (AvgIpc) is 3.54. The van der Waals surface area contributed by atoms with Crippen LogP contribution in [0.1, 0.15) is 12.1 Å². The molecule has 5 rings (SSSR count). The molecule has 0 spiro atoms. The Morgan fingerprint density at radius 3 is 2.76 bits per heavy atom. The summed E-state index contributed by atoms with van der Waals surface area (Å²) in [5.74, 6) is -0.360. The molecule has 5 heterocycles. The van der Waals surface area contributed by atoms with E-state index in [1.165, 1.54) is 47.9 Å². The van der Waals surface area contributed by atoms with Crippen LogP contribution in [0.25, 0.3) is 33.4 Å². The number of amides is 1. The summed E-state index contributed by atoms with van der Waals surface area (Å²) in [5.41, 5.74) is 0.187. The molecule has 0 aliphatic carbocycles. The second-order valence-corrected chi connectivity index (χ2v) is 8.27. The number of nitrogens with one attached hydrogen (secondary N) is 1. The fraction of sp³-hybridized carbons (Fsp3) is 0.364. The fourth-order valence-corrected chi connectivity index (χ4v) is 4.38. The van der Waals surface area contributed by atoms with Crippen molar-refractivity contribution < 1.29 is 36.6 Å². The van der Waals surface area contributed by atoms with E-state index >= 15 is 0 Å². The summed E-state index contributed by atoms with van der Waals surface area (Å²) in [4.78, 5) is 20.5. The van der Waals surface area contributed by atoms with Crippen LogP contribution in [-0.2, 0) is 18.3 Å². The standard InChI is InChI=1S/C22H21F4N7O4/c1-31-8-12(19(30-31)37-21(25)26)13-11-5-4-6-27-18(11)28-15(13)14-16(17(23)24)29-33-7-10(9-36-20(14)33)32(2)22(34)35-3/h4-6,8,10,17,21H,7,9H2,1-3H3,(H,27,28)/t10-/m0/s1. The molecule has 1 amide bonds. The van der Waals surface area contributed by atoms with Crippen LogP contribution >= 0.6 is 0 Å². The zero-order chi connectivity index (χ0) is 26.4. The van der Waals surface area contributed by atoms with Gasteiger partial charge in [-0.25, -0.2) is 23.2 Å². The van der Waals surface area contributed by atoms with Crippen LogP contribution in [0.3, 0.4) is 0 Å². The highest BCUT2D eigenvalue weighted by Crippen LogP contribution is 2.47. The van der Waals surface area contributed by atoms with Gasteiger partial charge in [0.25, 0.3) is 6.43 Å². The van der Waals surface area contributed by atoms with Crippen molar-refractivity contribution >= 4 is 17.1 Å². The lowest BCUT2D eigenvalue weighted by molar-refractivity contribution is -0.0527. The van der Waals surface area contributed by atoms with E-state index in [-0.39, 0.29) is 47.3 Å². The van der Waals surface area contributed by atoms with E-state index < -0.39 is 30.9 Å². The lowest BCUT2D eigenvalue weighted by atomic mass is 10.0. The van der Waals surface area contributed by atoms with Crippen LogP contribution in [0, 0.1) is 0 Å². The molecule has 4 aromatic heterocycles. The van der Waals surface area contributed by atoms with E-state index in [0.29, 0.717) is 11.0 Å². The number of rotatable bonds is 6. The normalized spacial score (nSPS) is 15.2. The largest absolute Gasteiger partial charge is 0.475 e. The minimum atomic E-state index is -3.16. The zero-order valence-corrected chi connectivity index (χ0v) is 19.8. The molecule has 0 radical (unpaired) electrons. The molecule has 196 valence electrons. The molecule has 15 heteroatoms. The number of ether oxygens (including phenoxy) is 3. The Morgan fingerprint density at radius 2 is 2.05 bits per heavy atom. The highest BCUT2D eigenvalue weighted by atomic mass is 19.3. The summed E-state index contributed by atoms with van der Waals surface area (Å²) in [6, 6.07) is 2.75. The van der Waals surface area contributed by atoms with E-state index in [1.807, 2.05) is 0 Å². The zero-order valence-electron chi connectivity index (χ0n) is 19.8. The highest BCUT2D eigenvalue weighted by Gasteiger charge is 2.36. The highest BCUT2D eigenvalue weighted by molar-refractivity contribution is 6.04. The van der Waals surface area contributed by atoms with Crippen LogP contribution in [0.4, 0.5) is 22.4 Å². The van der Waals surface area contributed by atoms with Crippen molar-refractivity contribution in [3.8, 4) is 34.1 Å². The number of carbonyl (C=O) groups is 1. The van der Waals surface area contributed by atoms with Gasteiger partial charge in [0, 0.05) is 37.4 Å². The van der Waals surface area contributed by atoms with Gasteiger partial charge in [0.2, 0.25) is 11.8 Å². The number of carbonyl (C=O) groups excluding carboxylic acids is 1. The number of likely N-dealkylation sites (N-methyl/N-ethyl adjacent to an activating group) is 1. The summed E-state index contributed by atoms with van der Waals surface area (Å²) in [6.07, 6.45) is -0.689. The number of hydrogen-bond acceptors (Lipinski definition) is 7. The summed E-state index contributed by atoms with van der Waals surface area (Å²) < 4.78 is 72.6. The molecule has 1 N–H and O–H groups in total. The number of aromatic amines is 1. The van der Waals surface area contributed by atoms with Gasteiger partial charge in [0.05, 0.1) is 36.5 Å². The molecule has 11 nitrogen and oxygen atoms in total. The number of aromatic nitrogens is 6. The first-order valence-electron chi connectivity index (χ1n) is 11.0. The molecular weight excluding hydrogens is 502 g/mol. The second-order valence-electron chi connectivity index (χ2n) is 8.27. The summed E-state index contributed by atoms with van der Waals surface area (Å²) in [5, 5.41) is 8.50. The molecule has 0 saturated heterocycles. The van der Waals surface area contributed by atoms with E-state index in [2.05, 4.69) is 24.9 Å². The third kappa shape index (κ3) is 4.19. The van der Waals surface area contributed by atoms with Crippen molar-refractivity contribution in [2.45, 2.75) is 25.6 Å². The molecule has 0 bridgehead atoms. The van der Waals surface area contributed by atoms with E-state index in [0.717, 1.165) is 0 Å². The second kappa shape index (κ2) is 9.29. The Bertz CT molecular complexity index is 1460. The third-order valence-electron chi connectivity index (χ3n) is 6.03. The average molecular weight is 523 g/mol. The first-order chi connectivity index (χ1) is 17.7. The predicted molar refractivity (Wildman–Crippen MR) is 121 cm³/mol. The van der Waals surface area contributed by atoms with Gasteiger partial charge in [0.1, 0.15) is 17.9 Å². The SMILES string of the molecule is COC(=O)N(C)[C@@H]1COc2c(-c3[nH]c4ncccc4c3-c3cn(C)nc3OC(F)F)c(C(F)F)nn2C1. The number of H-pyrrole nitrogens is 1. The first kappa shape index (κ1) is 24.4. The number of fused-ring (bicyclic) bond motifs is 2. The molecule has 0 unspecified atom stereocenters. The van der Waals surface area contributed by atoms with Gasteiger partial charge in [-0.1, -0.05) is 0 Å². The van der Waals surface area contributed by atoms with Gasteiger partial charge in [-0.15, -0.1) is 5.10 Å². The Morgan fingerprint density at radius 1 is 1.27 bits per heavy atom. The Hall–Kier alpha value is -4.30. The van der Waals surface area contributed by atoms with Crippen molar-refractivity contribution in [2.75, 3.05) is 20.8 Å². The van der Waals surface area contributed by atoms with E-state index in [4.69, 9.17) is 9.47 Å². The maximum atomic E-state index is 14.3. The molecule has 0 aromatic carbocycles. The van der Waals surface area contributed by atoms with Crippen molar-refractivity contribution in [2.24, 2.45) is 7.05 Å². The molecule has 4 aromatic rings. The summed E-state index contributed by atoms with van der Waals surface area (Å²) in [7, 11) is 4.24. The van der Waals surface area contributed by atoms with Crippen molar-refractivity contribution in [3.05, 3.63) is 30.2 Å². The Labute approximate surface area is 206 Å². The van der Waals surface area contributed by atoms with Crippen molar-refractivity contribution in [1.29, 1.82) is 0 Å². The smallest absolute Gasteiger partial charge is 0.409 e. The monoisotopic (exact) mass is 523 g/mol. The first-order valence-corrected chi connectivity index (χ1v) is 11.0. The van der Waals surface area contributed by atoms with Crippen LogP contribution < -0.4 is 9.47 Å². The molecule has 0 saturated carbocycles. The number of methoxy groups -OCH3 is 1. The van der Waals surface area contributed by atoms with Gasteiger partial charge >= 0.3 is 12.7 Å². The molecule has 1 aliphatic rings. The van der Waals surface area contributed by atoms with Crippen molar-refractivity contribution in [3.63, 3.8) is 0 Å². The van der Waals surface area contributed by atoms with Gasteiger partial charge in [-0.2, -0.15) is 13.9 Å². The molecule has 0 fully saturated rings. The van der Waals surface area contributed by atoms with Crippen LogP contribution in [0.15, 0.2) is 24.5 Å². The number of hydrogen-bond donors (Lipinski definition) is 1. The minimum Gasteiger partial charge on any atom is -0.475 e. The predicted octanol–water partition coefficient (Wildman–Crippen LogP) is 3.83. The number of halogens is 4. The Balaban J connectivity index is 1.71. The maximum Gasteiger partial charge on any atom is 0.409 e. The molecule has 1 aliphatic heterocycles. The summed E-state index contributed by atoms with van der Waals surface area (Å²) in [6.45, 7) is -3.12. The van der Waals surface area contributed by atoms with Crippen molar-refractivity contribution in [1.82, 2.24) is 34.4 Å². The van der Waals surface area contributed by atoms with Gasteiger partial charge in [0.15, 0.2) is 0 Å². The fourth-order valence-electron chi connectivity index (χ4n) is 4.38. The van der Waals surface area contributed by atoms with Crippen LogP contribution in [0.5, 0.6) is 11.8 Å². The third-order valence-corrected chi connectivity index (χ3v) is 6.03. The van der Waals surface area contributed by atoms with Crippen LogP contribution in [-0.4, -0.2) is 73.9 Å². The molecule has 37 heavy (non-hydrogen) atoms. The molecule has 1 atom stereocenters. The number of nitrogens with zero attached hydrogens (tertiary/aromatic N) is 6. The number of alkyl halides is 4. The lowest BCUT2D eigenvalue weighted by Crippen LogP contribution is -2.46. The Kier molecular flexibility index (Phi) is 6.13. The maximum absolute atomic E-state index is 14.3. The molecular formula is C22H21F4N7O4. The number of aryl methyl sites for hydroxylation is 1. The van der Waals surface area contributed by atoms with Gasteiger partial charge in [-0.3, -0.25) is 4.68 Å². The summed E-state index contributed by atoms with van der Waals surface area (Å²) >= 11 is 0. The number of pyridine rings is 1. The lowest BCUT2D eigenvalue weighted by Gasteiger charge is -2.31. The van der Waals surface area contributed by atoms with Crippen LogP contribution in [0.2, 0.25) is 0 Å². The minimum absolute atomic E-state index is 0.0204. The van der Waals surface area contributed by atoms with Gasteiger partial charge < -0.3 is 24.1 Å². The van der Waals surface area contributed by atoms with E-state index in [9.17, 15) is 22.4 Å². The van der Waals surface area contributed by atoms with E-state index in [1.54, 1.807) is 12.1 Å². The van der Waals surface area contributed by atoms with Gasteiger partial charge in [-0.05, 0) is 12.1 Å².